The van der Waals surface area contributed by atoms with Gasteiger partial charge in [0, 0.05) is 0 Å². The van der Waals surface area contributed by atoms with Crippen molar-refractivity contribution in [2.45, 2.75) is 52.1 Å². The van der Waals surface area contributed by atoms with Crippen molar-refractivity contribution in [2.24, 2.45) is 0 Å². The molecule has 0 unspecified atom stereocenters. The van der Waals surface area contributed by atoms with Crippen LogP contribution < -0.4 is 0 Å². The normalized spacial score (nSPS) is 27.1. The molecule has 116 valence electrons. The van der Waals surface area contributed by atoms with Crippen LogP contribution in [-0.2, 0) is 16.5 Å². The van der Waals surface area contributed by atoms with Crippen molar-refractivity contribution in [2.75, 3.05) is 0 Å². The lowest BCUT2D eigenvalue weighted by atomic mass is 10.9. The summed E-state index contributed by atoms with van der Waals surface area (Å²) in [5, 5.41) is 0. The maximum absolute atomic E-state index is 6.49. The van der Waals surface area contributed by atoms with Crippen LogP contribution in [0.2, 0.25) is 38.3 Å². The summed E-state index contributed by atoms with van der Waals surface area (Å²) in [6.45, 7) is 20.3. The van der Waals surface area contributed by atoms with Gasteiger partial charge in [-0.05, 0) is 49.7 Å². The highest BCUT2D eigenvalue weighted by Crippen LogP contribution is 2.34. The van der Waals surface area contributed by atoms with Crippen LogP contribution in [0, 0.1) is 0 Å². The monoisotopic (exact) mass is 348 g/mol. The lowest BCUT2D eigenvalue weighted by Crippen LogP contribution is -2.66. The maximum atomic E-state index is 6.49. The highest BCUT2D eigenvalue weighted by Gasteiger charge is 2.54. The van der Waals surface area contributed by atoms with Crippen molar-refractivity contribution >= 4 is 34.2 Å². The Morgan fingerprint density at radius 2 is 1.10 bits per heavy atom. The van der Waals surface area contributed by atoms with Gasteiger partial charge in [-0.25, -0.2) is 0 Å². The molecule has 1 aliphatic rings. The molecule has 0 saturated carbocycles. The minimum Gasteiger partial charge on any atom is -0.416 e. The van der Waals surface area contributed by atoms with E-state index in [0.717, 1.165) is 12.1 Å². The van der Waals surface area contributed by atoms with Crippen LogP contribution in [-0.4, -0.2) is 34.2 Å². The molecule has 0 aliphatic carbocycles. The summed E-state index contributed by atoms with van der Waals surface area (Å²) < 4.78 is 25.7. The van der Waals surface area contributed by atoms with Crippen LogP contribution in [0.4, 0.5) is 0 Å². The zero-order valence-electron chi connectivity index (χ0n) is 13.6. The van der Waals surface area contributed by atoms with Crippen molar-refractivity contribution in [1.29, 1.82) is 0 Å². The van der Waals surface area contributed by atoms with E-state index in [1.165, 1.54) is 0 Å². The van der Waals surface area contributed by atoms with Crippen molar-refractivity contribution in [3.05, 3.63) is 24.6 Å². The van der Waals surface area contributed by atoms with Crippen LogP contribution in [0.1, 0.15) is 13.8 Å². The van der Waals surface area contributed by atoms with Crippen LogP contribution in [0.3, 0.4) is 0 Å². The van der Waals surface area contributed by atoms with Crippen LogP contribution in [0.15, 0.2) is 24.6 Å². The summed E-state index contributed by atoms with van der Waals surface area (Å²) in [6, 6.07) is 1.83. The second-order valence-corrected chi connectivity index (χ2v) is 20.3. The third-order valence-corrected chi connectivity index (χ3v) is 20.0. The van der Waals surface area contributed by atoms with Gasteiger partial charge >= 0.3 is 34.2 Å². The zero-order valence-corrected chi connectivity index (χ0v) is 17.6. The Labute approximate surface area is 127 Å². The van der Waals surface area contributed by atoms with Gasteiger partial charge in [-0.2, -0.15) is 0 Å². The van der Waals surface area contributed by atoms with Crippen molar-refractivity contribution in [3.63, 3.8) is 0 Å². The molecular weight excluding hydrogens is 320 g/mol. The van der Waals surface area contributed by atoms with Crippen molar-refractivity contribution < 1.29 is 16.5 Å². The average Bonchev–Trinajstić information content (AvgIpc) is 2.34. The molecule has 20 heavy (non-hydrogen) atoms. The third kappa shape index (κ3) is 4.10. The van der Waals surface area contributed by atoms with Gasteiger partial charge in [-0.3, -0.25) is 0 Å². The second kappa shape index (κ2) is 6.13. The molecule has 0 amide bonds. The van der Waals surface area contributed by atoms with Gasteiger partial charge in [0.05, 0.1) is 0 Å². The van der Waals surface area contributed by atoms with E-state index in [-0.39, 0.29) is 0 Å². The van der Waals surface area contributed by atoms with E-state index in [2.05, 4.69) is 53.2 Å². The Bertz CT molecular complexity index is 348. The fourth-order valence-electron chi connectivity index (χ4n) is 2.54. The molecule has 0 N–H and O–H groups in total. The molecule has 1 fully saturated rings. The van der Waals surface area contributed by atoms with Gasteiger partial charge < -0.3 is 16.5 Å². The molecule has 0 aromatic heterocycles. The van der Waals surface area contributed by atoms with Crippen molar-refractivity contribution in [3.8, 4) is 0 Å². The molecule has 0 aromatic rings. The predicted molar refractivity (Wildman–Crippen MR) is 92.2 cm³/mol. The molecule has 1 aliphatic heterocycles. The summed E-state index contributed by atoms with van der Waals surface area (Å²) in [5.74, 6) is 0. The quantitative estimate of drug-likeness (QED) is 0.723. The standard InChI is InChI=1S/C12H28O4Si4/c1-9-19(10-2)13-17(5,6)15-20(11-3,12-4)16-18(7,8)14-19/h9-10H,1-2,11-12H2,3-8H3. The van der Waals surface area contributed by atoms with Gasteiger partial charge in [0.15, 0.2) is 0 Å². The largest absolute Gasteiger partial charge is 0.416 e. The van der Waals surface area contributed by atoms with Gasteiger partial charge in [-0.1, -0.05) is 13.8 Å². The molecule has 8 heteroatoms. The Kier molecular flexibility index (Phi) is 5.59. The molecule has 0 spiro atoms. The van der Waals surface area contributed by atoms with Crippen LogP contribution in [0.25, 0.3) is 0 Å². The summed E-state index contributed by atoms with van der Waals surface area (Å²) >= 11 is 0. The molecule has 0 aromatic carbocycles. The smallest absolute Gasteiger partial charge is 0.373 e. The van der Waals surface area contributed by atoms with E-state index >= 15 is 0 Å². The molecule has 0 atom stereocenters. The van der Waals surface area contributed by atoms with Crippen LogP contribution >= 0.6 is 0 Å². The number of hydrogen-bond acceptors (Lipinski definition) is 4. The predicted octanol–water partition coefficient (Wildman–Crippen LogP) is 3.84. The second-order valence-electron chi connectivity index (χ2n) is 5.96. The number of hydrogen-bond donors (Lipinski definition) is 0. The van der Waals surface area contributed by atoms with Gasteiger partial charge in [0.1, 0.15) is 0 Å². The highest BCUT2D eigenvalue weighted by molar-refractivity contribution is 6.96. The van der Waals surface area contributed by atoms with E-state index in [1.54, 1.807) is 11.4 Å². The van der Waals surface area contributed by atoms with E-state index in [0.29, 0.717) is 0 Å². The first-order chi connectivity index (χ1) is 9.07. The SMILES string of the molecule is C=C[Si]1(C=C)O[Si](C)(C)O[Si](CC)(CC)O[Si](C)(C)O1. The first-order valence-corrected chi connectivity index (χ1v) is 17.0. The van der Waals surface area contributed by atoms with Gasteiger partial charge in [-0.15, -0.1) is 13.2 Å². The first kappa shape index (κ1) is 18.2. The minimum atomic E-state index is -2.65. The minimum absolute atomic E-state index is 0.916. The summed E-state index contributed by atoms with van der Waals surface area (Å²) in [7, 11) is -9.57. The lowest BCUT2D eigenvalue weighted by molar-refractivity contribution is 0.237. The summed E-state index contributed by atoms with van der Waals surface area (Å²) in [5.41, 5.74) is 3.56. The Balaban J connectivity index is 3.24. The molecule has 1 saturated heterocycles. The lowest BCUT2D eigenvalue weighted by Gasteiger charge is -2.48. The third-order valence-electron chi connectivity index (χ3n) is 3.32. The fourth-order valence-corrected chi connectivity index (χ4v) is 22.3. The van der Waals surface area contributed by atoms with Crippen molar-refractivity contribution in [1.82, 2.24) is 0 Å². The molecule has 0 bridgehead atoms. The number of rotatable bonds is 4. The summed E-state index contributed by atoms with van der Waals surface area (Å²) in [6.07, 6.45) is 0. The van der Waals surface area contributed by atoms with Crippen LogP contribution in [0.5, 0.6) is 0 Å². The highest BCUT2D eigenvalue weighted by atomic mass is 28.5. The molecule has 4 nitrogen and oxygen atoms in total. The fraction of sp³-hybridized carbons (Fsp3) is 0.667. The topological polar surface area (TPSA) is 36.9 Å². The average molecular weight is 349 g/mol. The van der Waals surface area contributed by atoms with E-state index in [9.17, 15) is 0 Å². The summed E-state index contributed by atoms with van der Waals surface area (Å²) in [4.78, 5) is 0. The van der Waals surface area contributed by atoms with Gasteiger partial charge in [0.2, 0.25) is 0 Å². The molecular formula is C12H28O4Si4. The van der Waals surface area contributed by atoms with E-state index in [1.807, 2.05) is 0 Å². The zero-order chi connectivity index (χ0) is 15.7. The first-order valence-electron chi connectivity index (χ1n) is 7.15. The van der Waals surface area contributed by atoms with E-state index in [4.69, 9.17) is 16.5 Å². The Morgan fingerprint density at radius 1 is 0.750 bits per heavy atom. The molecule has 0 radical (unpaired) electrons. The maximum Gasteiger partial charge on any atom is 0.373 e. The van der Waals surface area contributed by atoms with Gasteiger partial charge in [0.25, 0.3) is 0 Å². The Morgan fingerprint density at radius 3 is 1.35 bits per heavy atom. The van der Waals surface area contributed by atoms with E-state index < -0.39 is 34.2 Å². The Hall–Kier alpha value is 0.188. The molecule has 1 rings (SSSR count). The molecule has 1 heterocycles.